The molecule has 8 aromatic rings. The number of rotatable bonds is 4. The molecule has 43 heavy (non-hydrogen) atoms. The number of fused-ring (bicyclic) bond motifs is 3. The second kappa shape index (κ2) is 11.7. The summed E-state index contributed by atoms with van der Waals surface area (Å²) in [6.45, 7) is 0. The van der Waals surface area contributed by atoms with Crippen molar-refractivity contribution in [3.8, 4) is 44.5 Å². The average molecular weight is 620 g/mol. The molecule has 0 aliphatic heterocycles. The fourth-order valence-electron chi connectivity index (χ4n) is 6.38. The van der Waals surface area contributed by atoms with Crippen molar-refractivity contribution in [1.29, 1.82) is 0 Å². The summed E-state index contributed by atoms with van der Waals surface area (Å²) in [5, 5.41) is 7.50. The van der Waals surface area contributed by atoms with Crippen molar-refractivity contribution in [1.82, 2.24) is 0 Å². The minimum atomic E-state index is 0. The van der Waals surface area contributed by atoms with Crippen LogP contribution in [0.25, 0.3) is 76.8 Å². The Hall–Kier alpha value is -4.36. The quantitative estimate of drug-likeness (QED) is 0.136. The smallest absolute Gasteiger partial charge is 0 e. The van der Waals surface area contributed by atoms with Crippen LogP contribution in [0.4, 0.5) is 0 Å². The van der Waals surface area contributed by atoms with Gasteiger partial charge in [0.25, 0.3) is 0 Å². The molecule has 199 valence electrons. The number of hydrogen-bond acceptors (Lipinski definition) is 0. The van der Waals surface area contributed by atoms with Crippen LogP contribution < -0.4 is 0 Å². The molecule has 8 rings (SSSR count). The van der Waals surface area contributed by atoms with Gasteiger partial charge in [-0.25, -0.2) is 11.1 Å². The van der Waals surface area contributed by atoms with Crippen LogP contribution in [0, 0.1) is 12.1 Å². The van der Waals surface area contributed by atoms with E-state index in [9.17, 15) is 0 Å². The van der Waals surface area contributed by atoms with Gasteiger partial charge < -0.3 is 0 Å². The van der Waals surface area contributed by atoms with E-state index in [0.29, 0.717) is 0 Å². The summed E-state index contributed by atoms with van der Waals surface area (Å²) in [4.78, 5) is 0. The van der Waals surface area contributed by atoms with Crippen LogP contribution in [0.2, 0.25) is 0 Å². The molecule has 0 fully saturated rings. The molecular formula is C42H26Y-2. The monoisotopic (exact) mass is 619 g/mol. The van der Waals surface area contributed by atoms with Gasteiger partial charge in [0.15, 0.2) is 0 Å². The van der Waals surface area contributed by atoms with Crippen LogP contribution in [0.5, 0.6) is 0 Å². The molecule has 1 heteroatoms. The van der Waals surface area contributed by atoms with Crippen molar-refractivity contribution in [2.24, 2.45) is 0 Å². The minimum Gasteiger partial charge on any atom is -0.226 e. The first kappa shape index (κ1) is 27.5. The topological polar surface area (TPSA) is 0 Å². The summed E-state index contributed by atoms with van der Waals surface area (Å²) in [6, 6.07) is 63.3. The SMILES string of the molecule is [Y].[c-]1ccccc1-c1[c-]ccc(-c2c3ccccc3c(-c3ccccc3-c3ccc4ccccc4c3)c3ccccc23)c1. The van der Waals surface area contributed by atoms with E-state index in [-0.39, 0.29) is 32.7 Å². The molecule has 0 atom stereocenters. The Kier molecular flexibility index (Phi) is 7.50. The summed E-state index contributed by atoms with van der Waals surface area (Å²) >= 11 is 0. The van der Waals surface area contributed by atoms with Crippen LogP contribution in [-0.4, -0.2) is 0 Å². The van der Waals surface area contributed by atoms with Crippen molar-refractivity contribution < 1.29 is 32.7 Å². The first-order valence-electron chi connectivity index (χ1n) is 14.4. The standard InChI is InChI=1S/C42H26.Y/c1-2-13-29(14-3-1)32-17-12-18-34(28-32)41-37-21-8-10-23-39(37)42(40-24-11-9-22-38(40)41)36-20-7-6-19-35(36)33-26-25-30-15-4-5-16-31(30)27-33;/h1-13,15-16,18-28H;/q-2;. The van der Waals surface area contributed by atoms with Crippen molar-refractivity contribution in [3.63, 3.8) is 0 Å². The molecule has 0 heterocycles. The molecule has 0 nitrogen and oxygen atoms in total. The first-order chi connectivity index (χ1) is 20.8. The Labute approximate surface area is 277 Å². The van der Waals surface area contributed by atoms with Gasteiger partial charge in [0.05, 0.1) is 0 Å². The van der Waals surface area contributed by atoms with Gasteiger partial charge in [-0.2, -0.15) is 42.5 Å². The third-order valence-electron chi connectivity index (χ3n) is 8.28. The van der Waals surface area contributed by atoms with Gasteiger partial charge in [-0.05, 0) is 66.2 Å². The van der Waals surface area contributed by atoms with Crippen LogP contribution in [0.1, 0.15) is 0 Å². The average Bonchev–Trinajstić information content (AvgIpc) is 3.07. The van der Waals surface area contributed by atoms with E-state index in [2.05, 4.69) is 152 Å². The maximum absolute atomic E-state index is 3.44. The van der Waals surface area contributed by atoms with Crippen LogP contribution in [0.15, 0.2) is 158 Å². The van der Waals surface area contributed by atoms with E-state index >= 15 is 0 Å². The minimum absolute atomic E-state index is 0. The summed E-state index contributed by atoms with van der Waals surface area (Å²) in [5.41, 5.74) is 9.51. The second-order valence-corrected chi connectivity index (χ2v) is 10.7. The van der Waals surface area contributed by atoms with Crippen molar-refractivity contribution in [2.45, 2.75) is 0 Å². The molecule has 0 unspecified atom stereocenters. The fraction of sp³-hybridized carbons (Fsp3) is 0. The normalized spacial score (nSPS) is 11.1. The molecule has 0 saturated heterocycles. The zero-order chi connectivity index (χ0) is 27.9. The zero-order valence-corrected chi connectivity index (χ0v) is 26.4. The van der Waals surface area contributed by atoms with Crippen LogP contribution in [-0.2, 0) is 32.7 Å². The summed E-state index contributed by atoms with van der Waals surface area (Å²) < 4.78 is 0. The molecule has 0 amide bonds. The molecule has 8 aromatic carbocycles. The van der Waals surface area contributed by atoms with E-state index in [1.54, 1.807) is 0 Å². The summed E-state index contributed by atoms with van der Waals surface area (Å²) in [5.74, 6) is 0. The molecule has 0 aliphatic rings. The Morgan fingerprint density at radius 3 is 1.63 bits per heavy atom. The van der Waals surface area contributed by atoms with Gasteiger partial charge in [0, 0.05) is 32.7 Å². The van der Waals surface area contributed by atoms with E-state index in [4.69, 9.17) is 0 Å². The van der Waals surface area contributed by atoms with E-state index < -0.39 is 0 Å². The zero-order valence-electron chi connectivity index (χ0n) is 23.6. The van der Waals surface area contributed by atoms with E-state index in [1.165, 1.54) is 65.7 Å². The summed E-state index contributed by atoms with van der Waals surface area (Å²) in [7, 11) is 0. The fourth-order valence-corrected chi connectivity index (χ4v) is 6.38. The predicted octanol–water partition coefficient (Wildman–Crippen LogP) is 11.4. The van der Waals surface area contributed by atoms with Crippen molar-refractivity contribution >= 4 is 32.3 Å². The van der Waals surface area contributed by atoms with Gasteiger partial charge in [-0.1, -0.05) is 109 Å². The predicted molar refractivity (Wildman–Crippen MR) is 178 cm³/mol. The van der Waals surface area contributed by atoms with E-state index in [1.807, 2.05) is 18.2 Å². The largest absolute Gasteiger partial charge is 0.226 e. The first-order valence-corrected chi connectivity index (χ1v) is 14.4. The number of benzene rings is 8. The molecule has 0 N–H and O–H groups in total. The third kappa shape index (κ3) is 4.92. The van der Waals surface area contributed by atoms with Gasteiger partial charge in [0.2, 0.25) is 0 Å². The summed E-state index contributed by atoms with van der Waals surface area (Å²) in [6.07, 6.45) is 0. The Balaban J connectivity index is 0.00000300. The van der Waals surface area contributed by atoms with Gasteiger partial charge >= 0.3 is 0 Å². The molecule has 0 aliphatic carbocycles. The Morgan fingerprint density at radius 2 is 0.930 bits per heavy atom. The molecule has 0 saturated carbocycles. The molecular weight excluding hydrogens is 593 g/mol. The van der Waals surface area contributed by atoms with Gasteiger partial charge in [0.1, 0.15) is 0 Å². The second-order valence-electron chi connectivity index (χ2n) is 10.7. The van der Waals surface area contributed by atoms with Crippen molar-refractivity contribution in [2.75, 3.05) is 0 Å². The maximum atomic E-state index is 3.44. The molecule has 1 radical (unpaired) electrons. The van der Waals surface area contributed by atoms with Crippen molar-refractivity contribution in [3.05, 3.63) is 170 Å². The van der Waals surface area contributed by atoms with Gasteiger partial charge in [-0.3, -0.25) is 0 Å². The van der Waals surface area contributed by atoms with Gasteiger partial charge in [-0.15, -0.1) is 17.7 Å². The van der Waals surface area contributed by atoms with E-state index in [0.717, 1.165) is 11.1 Å². The molecule has 0 spiro atoms. The van der Waals surface area contributed by atoms with Crippen LogP contribution >= 0.6 is 0 Å². The Bertz CT molecular complexity index is 2190. The Morgan fingerprint density at radius 1 is 0.349 bits per heavy atom. The third-order valence-corrected chi connectivity index (χ3v) is 8.28. The molecule has 0 bridgehead atoms. The van der Waals surface area contributed by atoms with Crippen LogP contribution in [0.3, 0.4) is 0 Å². The number of hydrogen-bond donors (Lipinski definition) is 0. The maximum Gasteiger partial charge on any atom is 0 e. The molecule has 0 aromatic heterocycles.